The summed E-state index contributed by atoms with van der Waals surface area (Å²) in [6.45, 7) is 7.05. The van der Waals surface area contributed by atoms with E-state index in [9.17, 15) is 9.59 Å². The number of hydrogen-bond donors (Lipinski definition) is 3. The summed E-state index contributed by atoms with van der Waals surface area (Å²) < 4.78 is 0. The fourth-order valence-electron chi connectivity index (χ4n) is 4.70. The van der Waals surface area contributed by atoms with Gasteiger partial charge in [-0.2, -0.15) is 5.10 Å². The molecule has 1 aliphatic carbocycles. The van der Waals surface area contributed by atoms with E-state index >= 15 is 0 Å². The maximum atomic E-state index is 12.9. The minimum absolute atomic E-state index is 0.00138. The minimum Gasteiger partial charge on any atom is -0.352 e. The smallest absolute Gasteiger partial charge is 0.274 e. The molecule has 0 bridgehead atoms. The Labute approximate surface area is 166 Å². The Kier molecular flexibility index (Phi) is 5.96. The average Bonchev–Trinajstić information content (AvgIpc) is 3.12. The van der Waals surface area contributed by atoms with Crippen LogP contribution < -0.4 is 10.6 Å². The van der Waals surface area contributed by atoms with E-state index < -0.39 is 0 Å². The molecule has 3 aliphatic rings. The van der Waals surface area contributed by atoms with E-state index in [2.05, 4.69) is 32.7 Å². The lowest BCUT2D eigenvalue weighted by molar-refractivity contribution is -0.123. The quantitative estimate of drug-likeness (QED) is 0.699. The van der Waals surface area contributed by atoms with E-state index in [1.807, 2.05) is 4.90 Å². The molecular formula is C20H32N6O2. The number of aromatic nitrogens is 2. The molecule has 8 nitrogen and oxygen atoms in total. The molecule has 28 heavy (non-hydrogen) atoms. The average molecular weight is 389 g/mol. The number of aromatic amines is 1. The number of fused-ring (bicyclic) bond motifs is 1. The maximum absolute atomic E-state index is 12.9. The van der Waals surface area contributed by atoms with Crippen LogP contribution in [0, 0.1) is 5.92 Å². The number of H-pyrrole nitrogens is 1. The van der Waals surface area contributed by atoms with Crippen LogP contribution in [0.3, 0.4) is 0 Å². The Balaban J connectivity index is 1.25. The highest BCUT2D eigenvalue weighted by molar-refractivity contribution is 5.94. The van der Waals surface area contributed by atoms with Crippen LogP contribution in [0.4, 0.5) is 0 Å². The highest BCUT2D eigenvalue weighted by Crippen LogP contribution is 2.23. The first-order valence-electron chi connectivity index (χ1n) is 10.7. The van der Waals surface area contributed by atoms with Crippen LogP contribution in [0.5, 0.6) is 0 Å². The molecule has 2 aliphatic heterocycles. The second kappa shape index (κ2) is 8.61. The molecule has 0 aromatic carbocycles. The normalized spacial score (nSPS) is 26.0. The van der Waals surface area contributed by atoms with Gasteiger partial charge in [0.1, 0.15) is 0 Å². The topological polar surface area (TPSA) is 93.4 Å². The van der Waals surface area contributed by atoms with E-state index in [-0.39, 0.29) is 11.8 Å². The minimum atomic E-state index is 0.00138. The number of amides is 2. The first kappa shape index (κ1) is 19.4. The Morgan fingerprint density at radius 3 is 2.82 bits per heavy atom. The van der Waals surface area contributed by atoms with Crippen molar-refractivity contribution in [3.8, 4) is 0 Å². The summed E-state index contributed by atoms with van der Waals surface area (Å²) in [6.07, 6.45) is 5.56. The number of carbonyl (C=O) groups excluding carboxylic acids is 2. The van der Waals surface area contributed by atoms with Crippen LogP contribution in [0.2, 0.25) is 0 Å². The second-order valence-corrected chi connectivity index (χ2v) is 8.56. The number of carbonyl (C=O) groups is 2. The Morgan fingerprint density at radius 1 is 1.21 bits per heavy atom. The summed E-state index contributed by atoms with van der Waals surface area (Å²) >= 11 is 0. The van der Waals surface area contributed by atoms with E-state index in [1.54, 1.807) is 0 Å². The van der Waals surface area contributed by atoms with Crippen molar-refractivity contribution >= 4 is 11.8 Å². The first-order valence-corrected chi connectivity index (χ1v) is 10.7. The molecule has 8 heteroatoms. The Hall–Kier alpha value is -1.93. The number of nitrogens with one attached hydrogen (secondary N) is 3. The highest BCUT2D eigenvalue weighted by Gasteiger charge is 2.29. The third-order valence-electron chi connectivity index (χ3n) is 6.34. The van der Waals surface area contributed by atoms with Crippen molar-refractivity contribution < 1.29 is 9.59 Å². The molecule has 2 amide bonds. The molecule has 3 N–H and O–H groups in total. The molecule has 2 unspecified atom stereocenters. The van der Waals surface area contributed by atoms with Crippen LogP contribution in [-0.2, 0) is 17.8 Å². The van der Waals surface area contributed by atoms with Gasteiger partial charge in [-0.25, -0.2) is 0 Å². The molecule has 3 heterocycles. The SMILES string of the molecule is CC1CCCC(NC(=O)CN2CCN(C(=O)c3n[nH]c4c3CNCC4)CC2)C1. The number of piperazine rings is 1. The van der Waals surface area contributed by atoms with Crippen molar-refractivity contribution in [3.63, 3.8) is 0 Å². The lowest BCUT2D eigenvalue weighted by atomic mass is 9.87. The zero-order chi connectivity index (χ0) is 19.5. The standard InChI is InChI=1S/C20H32N6O2/c1-14-3-2-4-15(11-14)22-18(27)13-25-7-9-26(10-8-25)20(28)19-16-12-21-6-5-17(16)23-24-19/h14-15,21H,2-13H2,1H3,(H,22,27)(H,23,24). The molecule has 4 rings (SSSR count). The number of hydrogen-bond acceptors (Lipinski definition) is 5. The summed E-state index contributed by atoms with van der Waals surface area (Å²) in [5.74, 6) is 0.824. The van der Waals surface area contributed by atoms with Crippen molar-refractivity contribution in [1.82, 2.24) is 30.6 Å². The molecule has 1 saturated carbocycles. The maximum Gasteiger partial charge on any atom is 0.274 e. The van der Waals surface area contributed by atoms with Crippen LogP contribution in [0.25, 0.3) is 0 Å². The van der Waals surface area contributed by atoms with Gasteiger partial charge in [0, 0.05) is 63.0 Å². The van der Waals surface area contributed by atoms with E-state index in [1.165, 1.54) is 12.8 Å². The first-order chi connectivity index (χ1) is 13.6. The molecular weight excluding hydrogens is 356 g/mol. The van der Waals surface area contributed by atoms with Gasteiger partial charge in [0.15, 0.2) is 5.69 Å². The van der Waals surface area contributed by atoms with Gasteiger partial charge in [-0.1, -0.05) is 19.8 Å². The largest absolute Gasteiger partial charge is 0.352 e. The van der Waals surface area contributed by atoms with Gasteiger partial charge in [-0.15, -0.1) is 0 Å². The van der Waals surface area contributed by atoms with Gasteiger partial charge in [-0.3, -0.25) is 19.6 Å². The van der Waals surface area contributed by atoms with Gasteiger partial charge in [0.2, 0.25) is 5.91 Å². The van der Waals surface area contributed by atoms with Crippen molar-refractivity contribution in [3.05, 3.63) is 17.0 Å². The molecule has 1 aromatic rings. The van der Waals surface area contributed by atoms with E-state index in [0.29, 0.717) is 43.8 Å². The molecule has 1 saturated heterocycles. The van der Waals surface area contributed by atoms with E-state index in [0.717, 1.165) is 50.2 Å². The lowest BCUT2D eigenvalue weighted by Gasteiger charge is -2.35. The van der Waals surface area contributed by atoms with Crippen molar-refractivity contribution in [2.24, 2.45) is 5.92 Å². The predicted molar refractivity (Wildman–Crippen MR) is 106 cm³/mol. The summed E-state index contributed by atoms with van der Waals surface area (Å²) in [5.41, 5.74) is 2.65. The fourth-order valence-corrected chi connectivity index (χ4v) is 4.70. The fraction of sp³-hybridized carbons (Fsp3) is 0.750. The van der Waals surface area contributed by atoms with Crippen LogP contribution in [-0.4, -0.2) is 77.1 Å². The van der Waals surface area contributed by atoms with Gasteiger partial charge in [0.05, 0.1) is 6.54 Å². The third kappa shape index (κ3) is 4.38. The lowest BCUT2D eigenvalue weighted by Crippen LogP contribution is -2.52. The zero-order valence-corrected chi connectivity index (χ0v) is 16.8. The molecule has 2 atom stereocenters. The summed E-state index contributed by atoms with van der Waals surface area (Å²) in [7, 11) is 0. The number of nitrogens with zero attached hydrogens (tertiary/aromatic N) is 3. The van der Waals surface area contributed by atoms with Gasteiger partial charge >= 0.3 is 0 Å². The van der Waals surface area contributed by atoms with Crippen molar-refractivity contribution in [1.29, 1.82) is 0 Å². The summed E-state index contributed by atoms with van der Waals surface area (Å²) in [5, 5.41) is 13.8. The summed E-state index contributed by atoms with van der Waals surface area (Å²) in [6, 6.07) is 0.332. The van der Waals surface area contributed by atoms with E-state index in [4.69, 9.17) is 0 Å². The number of rotatable bonds is 4. The van der Waals surface area contributed by atoms with Crippen molar-refractivity contribution in [2.45, 2.75) is 51.6 Å². The van der Waals surface area contributed by atoms with Gasteiger partial charge in [-0.05, 0) is 18.8 Å². The van der Waals surface area contributed by atoms with Gasteiger partial charge < -0.3 is 15.5 Å². The molecule has 154 valence electrons. The molecule has 1 aromatic heterocycles. The second-order valence-electron chi connectivity index (χ2n) is 8.56. The molecule has 0 spiro atoms. The third-order valence-corrected chi connectivity index (χ3v) is 6.34. The van der Waals surface area contributed by atoms with Crippen LogP contribution in [0.15, 0.2) is 0 Å². The van der Waals surface area contributed by atoms with Gasteiger partial charge in [0.25, 0.3) is 5.91 Å². The predicted octanol–water partition coefficient (Wildman–Crippen LogP) is 0.508. The summed E-state index contributed by atoms with van der Waals surface area (Å²) in [4.78, 5) is 29.3. The monoisotopic (exact) mass is 388 g/mol. The zero-order valence-electron chi connectivity index (χ0n) is 16.8. The van der Waals surface area contributed by atoms with Crippen LogP contribution in [0.1, 0.15) is 54.4 Å². The highest BCUT2D eigenvalue weighted by atomic mass is 16.2. The van der Waals surface area contributed by atoms with Crippen molar-refractivity contribution in [2.75, 3.05) is 39.3 Å². The van der Waals surface area contributed by atoms with Crippen LogP contribution >= 0.6 is 0 Å². The Morgan fingerprint density at radius 2 is 2.04 bits per heavy atom. The Bertz CT molecular complexity index is 710. The molecule has 2 fully saturated rings. The molecule has 0 radical (unpaired) electrons.